The molecule has 76 valence electrons. The van der Waals surface area contributed by atoms with Crippen molar-refractivity contribution in [2.75, 3.05) is 19.8 Å². The van der Waals surface area contributed by atoms with Crippen LogP contribution >= 0.6 is 0 Å². The maximum absolute atomic E-state index is 10.5. The molecular formula is C10H19NO2. The molecule has 0 saturated carbocycles. The summed E-state index contributed by atoms with van der Waals surface area (Å²) in [6.07, 6.45) is 2.93. The Morgan fingerprint density at radius 3 is 2.62 bits per heavy atom. The van der Waals surface area contributed by atoms with Gasteiger partial charge in [0.05, 0.1) is 5.60 Å². The first-order valence-electron chi connectivity index (χ1n) is 5.27. The summed E-state index contributed by atoms with van der Waals surface area (Å²) in [6.45, 7) is 4.68. The Kier molecular flexibility index (Phi) is 2.58. The second-order valence-electron chi connectivity index (χ2n) is 4.30. The molecule has 3 heteroatoms. The van der Waals surface area contributed by atoms with Gasteiger partial charge in [-0.2, -0.15) is 0 Å². The van der Waals surface area contributed by atoms with Crippen LogP contribution in [0.15, 0.2) is 0 Å². The number of hydrogen-bond donors (Lipinski definition) is 2. The van der Waals surface area contributed by atoms with Crippen LogP contribution in [0.1, 0.15) is 26.2 Å². The molecule has 3 nitrogen and oxygen atoms in total. The van der Waals surface area contributed by atoms with Crippen molar-refractivity contribution in [2.45, 2.75) is 37.8 Å². The van der Waals surface area contributed by atoms with Gasteiger partial charge in [-0.05, 0) is 38.6 Å². The van der Waals surface area contributed by atoms with E-state index in [9.17, 15) is 5.11 Å². The first-order valence-corrected chi connectivity index (χ1v) is 5.27. The molecule has 0 amide bonds. The van der Waals surface area contributed by atoms with Crippen molar-refractivity contribution in [2.24, 2.45) is 5.92 Å². The molecule has 0 aromatic heterocycles. The summed E-state index contributed by atoms with van der Waals surface area (Å²) in [7, 11) is 0. The van der Waals surface area contributed by atoms with Crippen LogP contribution in [0.3, 0.4) is 0 Å². The molecule has 0 radical (unpaired) electrons. The van der Waals surface area contributed by atoms with Crippen LogP contribution in [-0.4, -0.2) is 36.5 Å². The normalized spacial score (nSPS) is 42.5. The molecule has 0 spiro atoms. The van der Waals surface area contributed by atoms with Gasteiger partial charge in [-0.25, -0.2) is 0 Å². The summed E-state index contributed by atoms with van der Waals surface area (Å²) < 4.78 is 5.31. The van der Waals surface area contributed by atoms with E-state index in [1.54, 1.807) is 0 Å². The van der Waals surface area contributed by atoms with Crippen molar-refractivity contribution in [3.05, 3.63) is 0 Å². The zero-order chi connectivity index (χ0) is 9.31. The third-order valence-electron chi connectivity index (χ3n) is 3.65. The molecule has 2 atom stereocenters. The van der Waals surface area contributed by atoms with Gasteiger partial charge in [0.2, 0.25) is 0 Å². The SMILES string of the molecule is CC1NCCC1(O)C1CCOCC1. The van der Waals surface area contributed by atoms with E-state index in [-0.39, 0.29) is 6.04 Å². The van der Waals surface area contributed by atoms with Gasteiger partial charge in [0.15, 0.2) is 0 Å². The zero-order valence-electron chi connectivity index (χ0n) is 8.25. The summed E-state index contributed by atoms with van der Waals surface area (Å²) in [5.74, 6) is 0.436. The first kappa shape index (κ1) is 9.44. The highest BCUT2D eigenvalue weighted by Gasteiger charge is 2.44. The standard InChI is InChI=1S/C10H19NO2/c1-8-10(12,4-5-11-8)9-2-6-13-7-3-9/h8-9,11-12H,2-7H2,1H3. The molecule has 2 aliphatic rings. The fraction of sp³-hybridized carbons (Fsp3) is 1.00. The fourth-order valence-corrected chi connectivity index (χ4v) is 2.64. The molecule has 2 fully saturated rings. The lowest BCUT2D eigenvalue weighted by Gasteiger charge is -2.38. The lowest BCUT2D eigenvalue weighted by atomic mass is 9.77. The Morgan fingerprint density at radius 2 is 2.08 bits per heavy atom. The van der Waals surface area contributed by atoms with Gasteiger partial charge in [0.1, 0.15) is 0 Å². The van der Waals surface area contributed by atoms with Crippen molar-refractivity contribution in [1.82, 2.24) is 5.32 Å². The highest BCUT2D eigenvalue weighted by molar-refractivity contribution is 5.00. The zero-order valence-corrected chi connectivity index (χ0v) is 8.25. The van der Waals surface area contributed by atoms with Gasteiger partial charge in [0.25, 0.3) is 0 Å². The van der Waals surface area contributed by atoms with Gasteiger partial charge in [-0.1, -0.05) is 0 Å². The van der Waals surface area contributed by atoms with Gasteiger partial charge in [0, 0.05) is 19.3 Å². The molecule has 0 aliphatic carbocycles. The molecule has 2 rings (SSSR count). The molecule has 2 aliphatic heterocycles. The van der Waals surface area contributed by atoms with E-state index in [0.29, 0.717) is 5.92 Å². The largest absolute Gasteiger partial charge is 0.388 e. The van der Waals surface area contributed by atoms with E-state index < -0.39 is 5.60 Å². The van der Waals surface area contributed by atoms with Gasteiger partial charge in [-0.15, -0.1) is 0 Å². The average Bonchev–Trinajstić information content (AvgIpc) is 2.50. The third-order valence-corrected chi connectivity index (χ3v) is 3.65. The monoisotopic (exact) mass is 185 g/mol. The molecule has 2 N–H and O–H groups in total. The number of aliphatic hydroxyl groups is 1. The van der Waals surface area contributed by atoms with Crippen molar-refractivity contribution < 1.29 is 9.84 Å². The van der Waals surface area contributed by atoms with E-state index in [1.807, 2.05) is 0 Å². The Morgan fingerprint density at radius 1 is 1.38 bits per heavy atom. The van der Waals surface area contributed by atoms with Gasteiger partial charge < -0.3 is 15.2 Å². The number of rotatable bonds is 1. The van der Waals surface area contributed by atoms with Gasteiger partial charge in [-0.3, -0.25) is 0 Å². The average molecular weight is 185 g/mol. The van der Waals surface area contributed by atoms with Crippen LogP contribution < -0.4 is 5.32 Å². The number of ether oxygens (including phenoxy) is 1. The highest BCUT2D eigenvalue weighted by Crippen LogP contribution is 2.35. The Labute approximate surface area is 79.5 Å². The maximum atomic E-state index is 10.5. The summed E-state index contributed by atoms with van der Waals surface area (Å²) >= 11 is 0. The molecule has 2 saturated heterocycles. The molecule has 0 aromatic rings. The van der Waals surface area contributed by atoms with Crippen LogP contribution in [0.25, 0.3) is 0 Å². The highest BCUT2D eigenvalue weighted by atomic mass is 16.5. The summed E-state index contributed by atoms with van der Waals surface area (Å²) in [5, 5.41) is 13.8. The topological polar surface area (TPSA) is 41.5 Å². The molecule has 2 heterocycles. The minimum absolute atomic E-state index is 0.246. The maximum Gasteiger partial charge on any atom is 0.0839 e. The molecule has 13 heavy (non-hydrogen) atoms. The smallest absolute Gasteiger partial charge is 0.0839 e. The van der Waals surface area contributed by atoms with Crippen molar-refractivity contribution >= 4 is 0 Å². The second-order valence-corrected chi connectivity index (χ2v) is 4.30. The van der Waals surface area contributed by atoms with Crippen molar-refractivity contribution in [3.63, 3.8) is 0 Å². The molecule has 0 aromatic carbocycles. The predicted octanol–water partition coefficient (Wildman–Crippen LogP) is 0.526. The second kappa shape index (κ2) is 3.56. The lowest BCUT2D eigenvalue weighted by Crippen LogP contribution is -2.48. The van der Waals surface area contributed by atoms with Crippen LogP contribution in [0, 0.1) is 5.92 Å². The quantitative estimate of drug-likeness (QED) is 0.626. The predicted molar refractivity (Wildman–Crippen MR) is 50.6 cm³/mol. The third kappa shape index (κ3) is 1.60. The van der Waals surface area contributed by atoms with Crippen molar-refractivity contribution in [3.8, 4) is 0 Å². The van der Waals surface area contributed by atoms with Crippen LogP contribution in [0.5, 0.6) is 0 Å². The summed E-state index contributed by atoms with van der Waals surface area (Å²) in [5.41, 5.74) is -0.468. The number of hydrogen-bond acceptors (Lipinski definition) is 3. The Bertz CT molecular complexity index is 180. The van der Waals surface area contributed by atoms with Crippen molar-refractivity contribution in [1.29, 1.82) is 0 Å². The van der Waals surface area contributed by atoms with Crippen LogP contribution in [0.2, 0.25) is 0 Å². The van der Waals surface area contributed by atoms with E-state index >= 15 is 0 Å². The molecule has 2 unspecified atom stereocenters. The van der Waals surface area contributed by atoms with E-state index in [4.69, 9.17) is 4.74 Å². The van der Waals surface area contributed by atoms with Crippen LogP contribution in [-0.2, 0) is 4.74 Å². The molecule has 0 bridgehead atoms. The molecular weight excluding hydrogens is 166 g/mol. The van der Waals surface area contributed by atoms with Gasteiger partial charge >= 0.3 is 0 Å². The minimum atomic E-state index is -0.468. The fourth-order valence-electron chi connectivity index (χ4n) is 2.64. The first-order chi connectivity index (χ1) is 6.23. The van der Waals surface area contributed by atoms with E-state index in [0.717, 1.165) is 39.0 Å². The van der Waals surface area contributed by atoms with E-state index in [2.05, 4.69) is 12.2 Å². The summed E-state index contributed by atoms with van der Waals surface area (Å²) in [4.78, 5) is 0. The number of nitrogens with one attached hydrogen (secondary N) is 1. The lowest BCUT2D eigenvalue weighted by molar-refractivity contribution is -0.0690. The van der Waals surface area contributed by atoms with E-state index in [1.165, 1.54) is 0 Å². The minimum Gasteiger partial charge on any atom is -0.388 e. The summed E-state index contributed by atoms with van der Waals surface area (Å²) in [6, 6.07) is 0.246. The Hall–Kier alpha value is -0.120. The van der Waals surface area contributed by atoms with Crippen LogP contribution in [0.4, 0.5) is 0 Å². The Balaban J connectivity index is 2.03.